The van der Waals surface area contributed by atoms with Gasteiger partial charge < -0.3 is 10.1 Å². The lowest BCUT2D eigenvalue weighted by atomic mass is 9.86. The highest BCUT2D eigenvalue weighted by Crippen LogP contribution is 2.33. The quantitative estimate of drug-likeness (QED) is 0.834. The SMILES string of the molecule is CCC1(CC)CC(Nc2nc(Cl)ncc2Br)CCO1. The number of hydrogen-bond acceptors (Lipinski definition) is 4. The van der Waals surface area contributed by atoms with Crippen LogP contribution in [0.1, 0.15) is 39.5 Å². The first-order chi connectivity index (χ1) is 9.08. The molecule has 1 fully saturated rings. The predicted molar refractivity (Wildman–Crippen MR) is 80.7 cm³/mol. The lowest BCUT2D eigenvalue weighted by molar-refractivity contribution is -0.0864. The Balaban J connectivity index is 2.08. The van der Waals surface area contributed by atoms with E-state index in [-0.39, 0.29) is 10.9 Å². The summed E-state index contributed by atoms with van der Waals surface area (Å²) in [6, 6.07) is 0.357. The third-order valence-corrected chi connectivity index (χ3v) is 4.60. The van der Waals surface area contributed by atoms with Crippen LogP contribution in [0.15, 0.2) is 10.7 Å². The maximum Gasteiger partial charge on any atom is 0.224 e. The van der Waals surface area contributed by atoms with Crippen LogP contribution in [0.4, 0.5) is 5.82 Å². The molecule has 1 aromatic heterocycles. The minimum atomic E-state index is -0.000776. The van der Waals surface area contributed by atoms with Gasteiger partial charge in [0, 0.05) is 18.8 Å². The third-order valence-electron chi connectivity index (χ3n) is 3.84. The molecule has 1 aliphatic rings. The van der Waals surface area contributed by atoms with Gasteiger partial charge in [-0.25, -0.2) is 4.98 Å². The summed E-state index contributed by atoms with van der Waals surface area (Å²) >= 11 is 9.28. The molecule has 0 bridgehead atoms. The number of ether oxygens (including phenoxy) is 1. The van der Waals surface area contributed by atoms with E-state index in [0.717, 1.165) is 42.6 Å². The highest BCUT2D eigenvalue weighted by molar-refractivity contribution is 9.10. The Morgan fingerprint density at radius 2 is 2.26 bits per heavy atom. The first kappa shape index (κ1) is 15.0. The molecule has 0 aromatic carbocycles. The molecule has 0 radical (unpaired) electrons. The van der Waals surface area contributed by atoms with Crippen LogP contribution in [0.5, 0.6) is 0 Å². The van der Waals surface area contributed by atoms with Gasteiger partial charge in [0.05, 0.1) is 10.1 Å². The number of nitrogens with one attached hydrogen (secondary N) is 1. The first-order valence-electron chi connectivity index (χ1n) is 6.67. The van der Waals surface area contributed by atoms with Crippen molar-refractivity contribution in [2.24, 2.45) is 0 Å². The summed E-state index contributed by atoms with van der Waals surface area (Å²) in [6.45, 7) is 5.16. The van der Waals surface area contributed by atoms with E-state index >= 15 is 0 Å². The molecule has 4 nitrogen and oxygen atoms in total. The molecular formula is C13H19BrClN3O. The predicted octanol–water partition coefficient (Wildman–Crippen LogP) is 4.04. The molecule has 0 aliphatic carbocycles. The molecule has 1 unspecified atom stereocenters. The zero-order valence-electron chi connectivity index (χ0n) is 11.2. The molecule has 1 aromatic rings. The minimum absolute atomic E-state index is 0.000776. The third kappa shape index (κ3) is 3.58. The Morgan fingerprint density at radius 1 is 1.53 bits per heavy atom. The van der Waals surface area contributed by atoms with Crippen molar-refractivity contribution in [3.63, 3.8) is 0 Å². The van der Waals surface area contributed by atoms with Gasteiger partial charge in [-0.3, -0.25) is 0 Å². The van der Waals surface area contributed by atoms with Crippen LogP contribution in [0.2, 0.25) is 5.28 Å². The van der Waals surface area contributed by atoms with Crippen molar-refractivity contribution in [2.75, 3.05) is 11.9 Å². The maximum absolute atomic E-state index is 5.98. The molecule has 1 N–H and O–H groups in total. The Kier molecular flexibility index (Phi) is 5.03. The lowest BCUT2D eigenvalue weighted by Gasteiger charge is -2.40. The molecule has 6 heteroatoms. The summed E-state index contributed by atoms with van der Waals surface area (Å²) in [7, 11) is 0. The van der Waals surface area contributed by atoms with Gasteiger partial charge in [-0.15, -0.1) is 0 Å². The van der Waals surface area contributed by atoms with Crippen LogP contribution in [0.25, 0.3) is 0 Å². The number of aromatic nitrogens is 2. The van der Waals surface area contributed by atoms with E-state index in [1.807, 2.05) is 0 Å². The molecule has 1 atom stereocenters. The molecular weight excluding hydrogens is 330 g/mol. The fraction of sp³-hybridized carbons (Fsp3) is 0.692. The summed E-state index contributed by atoms with van der Waals surface area (Å²) in [6.07, 6.45) is 5.72. The van der Waals surface area contributed by atoms with Crippen LogP contribution in [0, 0.1) is 0 Å². The molecule has 1 aliphatic heterocycles. The van der Waals surface area contributed by atoms with Gasteiger partial charge in [0.25, 0.3) is 0 Å². The Hall–Kier alpha value is -0.390. The average molecular weight is 349 g/mol. The Morgan fingerprint density at radius 3 is 2.95 bits per heavy atom. The van der Waals surface area contributed by atoms with Gasteiger partial charge in [-0.2, -0.15) is 4.98 Å². The van der Waals surface area contributed by atoms with E-state index in [1.165, 1.54) is 0 Å². The lowest BCUT2D eigenvalue weighted by Crippen LogP contribution is -2.43. The smallest absolute Gasteiger partial charge is 0.224 e. The number of nitrogens with zero attached hydrogens (tertiary/aromatic N) is 2. The summed E-state index contributed by atoms with van der Waals surface area (Å²) in [4.78, 5) is 8.16. The van der Waals surface area contributed by atoms with Crippen molar-refractivity contribution in [1.82, 2.24) is 9.97 Å². The zero-order chi connectivity index (χ0) is 13.9. The molecule has 0 spiro atoms. The molecule has 0 saturated carbocycles. The Labute approximate surface area is 127 Å². The number of hydrogen-bond donors (Lipinski definition) is 1. The summed E-state index contributed by atoms with van der Waals surface area (Å²) in [5.74, 6) is 0.757. The van der Waals surface area contributed by atoms with Crippen molar-refractivity contribution >= 4 is 33.3 Å². The standard InChI is InChI=1S/C13H19BrClN3O/c1-3-13(4-2)7-9(5-6-19-13)17-11-10(14)8-16-12(15)18-11/h8-9H,3-7H2,1-2H3,(H,16,17,18). The topological polar surface area (TPSA) is 47.0 Å². The second kappa shape index (κ2) is 6.37. The van der Waals surface area contributed by atoms with Gasteiger partial charge in [0.15, 0.2) is 0 Å². The van der Waals surface area contributed by atoms with Crippen LogP contribution in [-0.2, 0) is 4.74 Å². The monoisotopic (exact) mass is 347 g/mol. The maximum atomic E-state index is 5.98. The van der Waals surface area contributed by atoms with Crippen molar-refractivity contribution in [1.29, 1.82) is 0 Å². The van der Waals surface area contributed by atoms with E-state index in [0.29, 0.717) is 6.04 Å². The molecule has 0 amide bonds. The van der Waals surface area contributed by atoms with Crippen molar-refractivity contribution in [3.8, 4) is 0 Å². The molecule has 2 rings (SSSR count). The zero-order valence-corrected chi connectivity index (χ0v) is 13.6. The summed E-state index contributed by atoms with van der Waals surface area (Å²) in [5, 5.41) is 3.71. The number of halogens is 2. The van der Waals surface area contributed by atoms with Crippen LogP contribution < -0.4 is 5.32 Å². The van der Waals surface area contributed by atoms with Gasteiger partial charge >= 0.3 is 0 Å². The summed E-state index contributed by atoms with van der Waals surface area (Å²) < 4.78 is 6.81. The highest BCUT2D eigenvalue weighted by Gasteiger charge is 2.34. The van der Waals surface area contributed by atoms with E-state index < -0.39 is 0 Å². The van der Waals surface area contributed by atoms with Crippen molar-refractivity contribution in [3.05, 3.63) is 16.0 Å². The molecule has 19 heavy (non-hydrogen) atoms. The molecule has 1 saturated heterocycles. The fourth-order valence-electron chi connectivity index (χ4n) is 2.53. The fourth-order valence-corrected chi connectivity index (χ4v) is 2.97. The number of anilines is 1. The number of rotatable bonds is 4. The van der Waals surface area contributed by atoms with Gasteiger partial charge in [-0.05, 0) is 53.2 Å². The van der Waals surface area contributed by atoms with Crippen LogP contribution >= 0.6 is 27.5 Å². The van der Waals surface area contributed by atoms with Gasteiger partial charge in [0.2, 0.25) is 5.28 Å². The van der Waals surface area contributed by atoms with E-state index in [1.54, 1.807) is 6.20 Å². The highest BCUT2D eigenvalue weighted by atomic mass is 79.9. The molecule has 106 valence electrons. The largest absolute Gasteiger partial charge is 0.375 e. The van der Waals surface area contributed by atoms with Gasteiger partial charge in [0.1, 0.15) is 5.82 Å². The van der Waals surface area contributed by atoms with Crippen LogP contribution in [-0.4, -0.2) is 28.2 Å². The average Bonchev–Trinajstić information content (AvgIpc) is 2.43. The van der Waals surface area contributed by atoms with Gasteiger partial charge in [-0.1, -0.05) is 13.8 Å². The van der Waals surface area contributed by atoms with E-state index in [2.05, 4.69) is 45.1 Å². The second-order valence-corrected chi connectivity index (χ2v) is 6.10. The second-order valence-electron chi connectivity index (χ2n) is 4.91. The van der Waals surface area contributed by atoms with E-state index in [9.17, 15) is 0 Å². The van der Waals surface area contributed by atoms with Crippen LogP contribution in [0.3, 0.4) is 0 Å². The minimum Gasteiger partial charge on any atom is -0.375 e. The summed E-state index contributed by atoms with van der Waals surface area (Å²) in [5.41, 5.74) is -0.000776. The van der Waals surface area contributed by atoms with Crippen molar-refractivity contribution < 1.29 is 4.74 Å². The van der Waals surface area contributed by atoms with E-state index in [4.69, 9.17) is 16.3 Å². The van der Waals surface area contributed by atoms with Crippen molar-refractivity contribution in [2.45, 2.75) is 51.2 Å². The first-order valence-corrected chi connectivity index (χ1v) is 7.84. The molecule has 2 heterocycles. The Bertz CT molecular complexity index is 440. The normalized spacial score (nSPS) is 22.2.